The van der Waals surface area contributed by atoms with Crippen LogP contribution in [0.5, 0.6) is 0 Å². The first kappa shape index (κ1) is 16.2. The first-order chi connectivity index (χ1) is 9.26. The van der Waals surface area contributed by atoms with E-state index in [-0.39, 0.29) is 0 Å². The molecule has 1 heterocycles. The number of likely N-dealkylation sites (tertiary alicyclic amines) is 1. The Hall–Kier alpha value is -0.810. The van der Waals surface area contributed by atoms with Gasteiger partial charge in [0.15, 0.2) is 5.96 Å². The molecule has 112 valence electrons. The van der Waals surface area contributed by atoms with Gasteiger partial charge >= 0.3 is 0 Å². The summed E-state index contributed by atoms with van der Waals surface area (Å²) >= 11 is 0. The molecule has 0 aromatic heterocycles. The Morgan fingerprint density at radius 2 is 2.05 bits per heavy atom. The van der Waals surface area contributed by atoms with Gasteiger partial charge in [0.25, 0.3) is 0 Å². The normalized spacial score (nSPS) is 18.6. The molecule has 0 aromatic rings. The van der Waals surface area contributed by atoms with Crippen LogP contribution in [0.3, 0.4) is 0 Å². The van der Waals surface area contributed by atoms with Crippen molar-refractivity contribution in [3.63, 3.8) is 0 Å². The summed E-state index contributed by atoms with van der Waals surface area (Å²) in [4.78, 5) is 6.65. The van der Waals surface area contributed by atoms with Crippen LogP contribution in [-0.4, -0.2) is 64.3 Å². The molecule has 1 saturated heterocycles. The standard InChI is InChI=1S/C14H30N4O/c1-4-19-11-5-8-16-14(15-2)17-12-13-6-9-18(3)10-7-13/h13H,4-12H2,1-3H3,(H2,15,16,17). The summed E-state index contributed by atoms with van der Waals surface area (Å²) in [6, 6.07) is 0. The lowest BCUT2D eigenvalue weighted by molar-refractivity contribution is 0.145. The average Bonchev–Trinajstić information content (AvgIpc) is 2.44. The van der Waals surface area contributed by atoms with Crippen molar-refractivity contribution in [1.82, 2.24) is 15.5 Å². The summed E-state index contributed by atoms with van der Waals surface area (Å²) in [6.07, 6.45) is 3.58. The fraction of sp³-hybridized carbons (Fsp3) is 0.929. The molecule has 0 aliphatic carbocycles. The molecule has 5 heteroatoms. The van der Waals surface area contributed by atoms with Crippen molar-refractivity contribution in [2.45, 2.75) is 26.2 Å². The molecule has 0 aromatic carbocycles. The smallest absolute Gasteiger partial charge is 0.190 e. The molecule has 0 bridgehead atoms. The number of nitrogens with zero attached hydrogens (tertiary/aromatic N) is 2. The molecule has 1 aliphatic heterocycles. The SMILES string of the molecule is CCOCCCNC(=NC)NCC1CCN(C)CC1. The molecule has 0 atom stereocenters. The molecule has 0 unspecified atom stereocenters. The quantitative estimate of drug-likeness (QED) is 0.410. The van der Waals surface area contributed by atoms with Gasteiger partial charge in [-0.2, -0.15) is 0 Å². The van der Waals surface area contributed by atoms with Crippen LogP contribution in [0.25, 0.3) is 0 Å². The summed E-state index contributed by atoms with van der Waals surface area (Å²) in [7, 11) is 4.02. The predicted molar refractivity (Wildman–Crippen MR) is 80.7 cm³/mol. The molecule has 1 aliphatic rings. The van der Waals surface area contributed by atoms with Crippen molar-refractivity contribution >= 4 is 5.96 Å². The second kappa shape index (κ2) is 10.0. The minimum Gasteiger partial charge on any atom is -0.382 e. The van der Waals surface area contributed by atoms with Gasteiger partial charge in [-0.25, -0.2) is 0 Å². The third-order valence-corrected chi connectivity index (χ3v) is 3.58. The molecule has 2 N–H and O–H groups in total. The monoisotopic (exact) mass is 270 g/mol. The Bertz CT molecular complexity index is 250. The number of hydrogen-bond acceptors (Lipinski definition) is 3. The van der Waals surface area contributed by atoms with E-state index in [1.54, 1.807) is 0 Å². The number of nitrogens with one attached hydrogen (secondary N) is 2. The summed E-state index contributed by atoms with van der Waals surface area (Å²) < 4.78 is 5.31. The lowest BCUT2D eigenvalue weighted by Crippen LogP contribution is -2.42. The maximum absolute atomic E-state index is 5.31. The van der Waals surface area contributed by atoms with Crippen LogP contribution in [-0.2, 0) is 4.74 Å². The molecular weight excluding hydrogens is 240 g/mol. The number of rotatable bonds is 7. The highest BCUT2D eigenvalue weighted by molar-refractivity contribution is 5.79. The van der Waals surface area contributed by atoms with Gasteiger partial charge in [0, 0.05) is 33.4 Å². The third-order valence-electron chi connectivity index (χ3n) is 3.58. The van der Waals surface area contributed by atoms with Gasteiger partial charge in [-0.3, -0.25) is 4.99 Å². The van der Waals surface area contributed by atoms with Crippen molar-refractivity contribution in [2.24, 2.45) is 10.9 Å². The van der Waals surface area contributed by atoms with E-state index < -0.39 is 0 Å². The van der Waals surface area contributed by atoms with Crippen LogP contribution in [0.1, 0.15) is 26.2 Å². The highest BCUT2D eigenvalue weighted by Crippen LogP contribution is 2.14. The fourth-order valence-electron chi connectivity index (χ4n) is 2.25. The van der Waals surface area contributed by atoms with Crippen LogP contribution in [0.4, 0.5) is 0 Å². The molecule has 19 heavy (non-hydrogen) atoms. The second-order valence-corrected chi connectivity index (χ2v) is 5.18. The van der Waals surface area contributed by atoms with E-state index in [0.717, 1.165) is 44.6 Å². The predicted octanol–water partition coefficient (Wildman–Crippen LogP) is 0.920. The van der Waals surface area contributed by atoms with Crippen molar-refractivity contribution in [3.8, 4) is 0 Å². The van der Waals surface area contributed by atoms with E-state index in [2.05, 4.69) is 27.6 Å². The van der Waals surface area contributed by atoms with Gasteiger partial charge < -0.3 is 20.3 Å². The Morgan fingerprint density at radius 3 is 2.68 bits per heavy atom. The first-order valence-corrected chi connectivity index (χ1v) is 7.47. The summed E-state index contributed by atoms with van der Waals surface area (Å²) in [5.74, 6) is 1.69. The van der Waals surface area contributed by atoms with Gasteiger partial charge in [0.1, 0.15) is 0 Å². The van der Waals surface area contributed by atoms with Gasteiger partial charge in [-0.1, -0.05) is 0 Å². The van der Waals surface area contributed by atoms with Crippen LogP contribution >= 0.6 is 0 Å². The maximum atomic E-state index is 5.31. The van der Waals surface area contributed by atoms with Gasteiger partial charge in [0.05, 0.1) is 0 Å². The molecule has 5 nitrogen and oxygen atoms in total. The summed E-state index contributed by atoms with van der Waals surface area (Å²) in [6.45, 7) is 8.00. The van der Waals surface area contributed by atoms with Crippen molar-refractivity contribution in [3.05, 3.63) is 0 Å². The number of guanidine groups is 1. The Labute approximate surface area is 117 Å². The lowest BCUT2D eigenvalue weighted by atomic mass is 9.97. The van der Waals surface area contributed by atoms with E-state index in [1.807, 2.05) is 14.0 Å². The Morgan fingerprint density at radius 1 is 1.32 bits per heavy atom. The molecular formula is C14H30N4O. The van der Waals surface area contributed by atoms with Gasteiger partial charge in [-0.05, 0) is 52.2 Å². The largest absolute Gasteiger partial charge is 0.382 e. The van der Waals surface area contributed by atoms with Crippen molar-refractivity contribution < 1.29 is 4.74 Å². The lowest BCUT2D eigenvalue weighted by Gasteiger charge is -2.29. The fourth-order valence-corrected chi connectivity index (χ4v) is 2.25. The number of aliphatic imine (C=N–C) groups is 1. The molecule has 1 fully saturated rings. The van der Waals surface area contributed by atoms with E-state index in [4.69, 9.17) is 4.74 Å². The minimum absolute atomic E-state index is 0.776. The van der Waals surface area contributed by atoms with Crippen LogP contribution in [0.2, 0.25) is 0 Å². The zero-order valence-electron chi connectivity index (χ0n) is 12.7. The molecule has 0 saturated carbocycles. The Balaban J connectivity index is 2.08. The second-order valence-electron chi connectivity index (χ2n) is 5.18. The molecule has 0 spiro atoms. The Kier molecular flexibility index (Phi) is 8.58. The van der Waals surface area contributed by atoms with E-state index in [1.165, 1.54) is 25.9 Å². The topological polar surface area (TPSA) is 48.9 Å². The van der Waals surface area contributed by atoms with E-state index >= 15 is 0 Å². The summed E-state index contributed by atoms with van der Waals surface area (Å²) in [5.41, 5.74) is 0. The third kappa shape index (κ3) is 7.38. The number of piperidine rings is 1. The van der Waals surface area contributed by atoms with E-state index in [0.29, 0.717) is 0 Å². The molecule has 0 amide bonds. The van der Waals surface area contributed by atoms with Crippen LogP contribution < -0.4 is 10.6 Å². The summed E-state index contributed by atoms with van der Waals surface area (Å²) in [5, 5.41) is 6.75. The van der Waals surface area contributed by atoms with Crippen molar-refractivity contribution in [2.75, 3.05) is 53.5 Å². The number of hydrogen-bond donors (Lipinski definition) is 2. The zero-order chi connectivity index (χ0) is 13.9. The minimum atomic E-state index is 0.776. The molecule has 1 rings (SSSR count). The highest BCUT2D eigenvalue weighted by atomic mass is 16.5. The van der Waals surface area contributed by atoms with Crippen LogP contribution in [0.15, 0.2) is 4.99 Å². The van der Waals surface area contributed by atoms with Crippen molar-refractivity contribution in [1.29, 1.82) is 0 Å². The van der Waals surface area contributed by atoms with E-state index in [9.17, 15) is 0 Å². The average molecular weight is 270 g/mol. The maximum Gasteiger partial charge on any atom is 0.190 e. The van der Waals surface area contributed by atoms with Crippen LogP contribution in [0, 0.1) is 5.92 Å². The highest BCUT2D eigenvalue weighted by Gasteiger charge is 2.16. The van der Waals surface area contributed by atoms with Gasteiger partial charge in [0.2, 0.25) is 0 Å². The van der Waals surface area contributed by atoms with Gasteiger partial charge in [-0.15, -0.1) is 0 Å². The zero-order valence-corrected chi connectivity index (χ0v) is 12.7. The first-order valence-electron chi connectivity index (χ1n) is 7.47. The molecule has 0 radical (unpaired) electrons. The number of ether oxygens (including phenoxy) is 1.